The molecule has 0 heterocycles. The summed E-state index contributed by atoms with van der Waals surface area (Å²) < 4.78 is 0. The highest BCUT2D eigenvalue weighted by Gasteiger charge is 2.22. The quantitative estimate of drug-likeness (QED) is 0.884. The van der Waals surface area contributed by atoms with Crippen LogP contribution in [0, 0.1) is 0 Å². The Bertz CT molecular complexity index is 679. The SMILES string of the molecule is O=C(O)c1cc(Cl)c2c(Cl)cccc2c1C(=O)O. The van der Waals surface area contributed by atoms with Gasteiger partial charge in [0.05, 0.1) is 16.1 Å². The molecule has 0 atom stereocenters. The van der Waals surface area contributed by atoms with Gasteiger partial charge in [-0.3, -0.25) is 0 Å². The van der Waals surface area contributed by atoms with Crippen molar-refractivity contribution in [2.45, 2.75) is 0 Å². The molecule has 0 saturated heterocycles. The molecule has 0 spiro atoms. The van der Waals surface area contributed by atoms with E-state index < -0.39 is 11.9 Å². The lowest BCUT2D eigenvalue weighted by molar-refractivity contribution is 0.0653. The highest BCUT2D eigenvalue weighted by atomic mass is 35.5. The van der Waals surface area contributed by atoms with Gasteiger partial charge in [0.1, 0.15) is 0 Å². The molecule has 0 aromatic heterocycles. The summed E-state index contributed by atoms with van der Waals surface area (Å²) in [6, 6.07) is 5.67. The zero-order valence-electron chi connectivity index (χ0n) is 8.78. The lowest BCUT2D eigenvalue weighted by atomic mass is 9.99. The maximum Gasteiger partial charge on any atom is 0.337 e. The Labute approximate surface area is 111 Å². The first-order chi connectivity index (χ1) is 8.43. The number of hydrogen-bond acceptors (Lipinski definition) is 2. The molecule has 0 unspecified atom stereocenters. The molecule has 0 fully saturated rings. The van der Waals surface area contributed by atoms with Crippen molar-refractivity contribution in [3.8, 4) is 0 Å². The molecular formula is C12H6Cl2O4. The summed E-state index contributed by atoms with van der Waals surface area (Å²) in [7, 11) is 0. The monoisotopic (exact) mass is 284 g/mol. The van der Waals surface area contributed by atoms with Gasteiger partial charge in [0.15, 0.2) is 0 Å². The van der Waals surface area contributed by atoms with Crippen molar-refractivity contribution in [1.82, 2.24) is 0 Å². The van der Waals surface area contributed by atoms with Crippen molar-refractivity contribution in [2.24, 2.45) is 0 Å². The van der Waals surface area contributed by atoms with E-state index in [0.717, 1.165) is 6.07 Å². The van der Waals surface area contributed by atoms with Crippen LogP contribution >= 0.6 is 23.2 Å². The minimum atomic E-state index is -1.35. The van der Waals surface area contributed by atoms with Gasteiger partial charge in [-0.25, -0.2) is 9.59 Å². The number of hydrogen-bond donors (Lipinski definition) is 2. The van der Waals surface area contributed by atoms with Crippen LogP contribution in [-0.2, 0) is 0 Å². The Balaban J connectivity index is 3.04. The molecule has 0 aliphatic carbocycles. The van der Waals surface area contributed by atoms with Gasteiger partial charge < -0.3 is 10.2 Å². The fourth-order valence-electron chi connectivity index (χ4n) is 1.79. The second-order valence-corrected chi connectivity index (χ2v) is 4.37. The summed E-state index contributed by atoms with van der Waals surface area (Å²) in [5.41, 5.74) is -0.674. The molecule has 0 saturated carbocycles. The largest absolute Gasteiger partial charge is 0.478 e. The van der Waals surface area contributed by atoms with Gasteiger partial charge in [0, 0.05) is 15.8 Å². The summed E-state index contributed by atoms with van der Waals surface area (Å²) in [4.78, 5) is 22.3. The van der Waals surface area contributed by atoms with Crippen LogP contribution in [0.5, 0.6) is 0 Å². The molecule has 2 aromatic carbocycles. The topological polar surface area (TPSA) is 74.6 Å². The van der Waals surface area contributed by atoms with E-state index >= 15 is 0 Å². The van der Waals surface area contributed by atoms with Crippen LogP contribution in [0.15, 0.2) is 24.3 Å². The predicted molar refractivity (Wildman–Crippen MR) is 67.9 cm³/mol. The standard InChI is InChI=1S/C12H6Cl2O4/c13-7-3-1-2-5-9(12(17)18)6(11(15)16)4-8(14)10(5)7/h1-4H,(H,15,16)(H,17,18). The van der Waals surface area contributed by atoms with E-state index in [1.54, 1.807) is 12.1 Å². The average molecular weight is 285 g/mol. The molecule has 2 aromatic rings. The number of halogens is 2. The minimum absolute atomic E-state index is 0.109. The summed E-state index contributed by atoms with van der Waals surface area (Å²) in [6.45, 7) is 0. The Kier molecular flexibility index (Phi) is 3.15. The number of carboxylic acids is 2. The first kappa shape index (κ1) is 12.7. The number of aromatic carboxylic acids is 2. The third-order valence-electron chi connectivity index (χ3n) is 2.51. The number of rotatable bonds is 2. The number of carboxylic acid groups (broad SMARTS) is 2. The molecule has 2 rings (SSSR count). The van der Waals surface area contributed by atoms with Gasteiger partial charge in [0.2, 0.25) is 0 Å². The zero-order chi connectivity index (χ0) is 13.4. The second kappa shape index (κ2) is 4.48. The smallest absolute Gasteiger partial charge is 0.337 e. The fourth-order valence-corrected chi connectivity index (χ4v) is 2.43. The van der Waals surface area contributed by atoms with Crippen LogP contribution in [0.4, 0.5) is 0 Å². The van der Waals surface area contributed by atoms with Gasteiger partial charge in [-0.1, -0.05) is 35.3 Å². The van der Waals surface area contributed by atoms with E-state index in [-0.39, 0.29) is 26.6 Å². The first-order valence-electron chi connectivity index (χ1n) is 4.80. The van der Waals surface area contributed by atoms with E-state index in [2.05, 4.69) is 0 Å². The van der Waals surface area contributed by atoms with Gasteiger partial charge in [0.25, 0.3) is 0 Å². The van der Waals surface area contributed by atoms with E-state index in [4.69, 9.17) is 33.4 Å². The lowest BCUT2D eigenvalue weighted by Crippen LogP contribution is -2.09. The van der Waals surface area contributed by atoms with Crippen LogP contribution in [0.2, 0.25) is 10.0 Å². The van der Waals surface area contributed by atoms with Crippen molar-refractivity contribution in [1.29, 1.82) is 0 Å². The zero-order valence-corrected chi connectivity index (χ0v) is 10.3. The van der Waals surface area contributed by atoms with Crippen molar-refractivity contribution in [2.75, 3.05) is 0 Å². The maximum absolute atomic E-state index is 11.2. The van der Waals surface area contributed by atoms with Crippen molar-refractivity contribution in [3.63, 3.8) is 0 Å². The van der Waals surface area contributed by atoms with Crippen LogP contribution < -0.4 is 0 Å². The Hall–Kier alpha value is -1.78. The van der Waals surface area contributed by atoms with Gasteiger partial charge in [-0.15, -0.1) is 0 Å². The summed E-state index contributed by atoms with van der Waals surface area (Å²) in [5, 5.41) is 19.1. The summed E-state index contributed by atoms with van der Waals surface area (Å²) in [5.74, 6) is -2.69. The molecule has 0 radical (unpaired) electrons. The first-order valence-corrected chi connectivity index (χ1v) is 5.56. The Morgan fingerprint density at radius 2 is 1.67 bits per heavy atom. The maximum atomic E-state index is 11.2. The minimum Gasteiger partial charge on any atom is -0.478 e. The van der Waals surface area contributed by atoms with E-state index in [1.807, 2.05) is 0 Å². The molecule has 18 heavy (non-hydrogen) atoms. The normalized spacial score (nSPS) is 10.6. The highest BCUT2D eigenvalue weighted by molar-refractivity contribution is 6.43. The average Bonchev–Trinajstić information content (AvgIpc) is 2.27. The second-order valence-electron chi connectivity index (χ2n) is 3.55. The number of benzene rings is 2. The fraction of sp³-hybridized carbons (Fsp3) is 0. The number of carbonyl (C=O) groups is 2. The third kappa shape index (κ3) is 1.89. The third-order valence-corrected chi connectivity index (χ3v) is 3.12. The molecule has 0 bridgehead atoms. The molecule has 0 aliphatic heterocycles. The van der Waals surface area contributed by atoms with Crippen LogP contribution in [0.25, 0.3) is 10.8 Å². The summed E-state index contributed by atoms with van der Waals surface area (Å²) >= 11 is 11.9. The van der Waals surface area contributed by atoms with Crippen molar-refractivity contribution in [3.05, 3.63) is 45.4 Å². The van der Waals surface area contributed by atoms with Crippen LogP contribution in [0.3, 0.4) is 0 Å². The lowest BCUT2D eigenvalue weighted by Gasteiger charge is -2.09. The van der Waals surface area contributed by atoms with E-state index in [0.29, 0.717) is 5.39 Å². The Morgan fingerprint density at radius 3 is 2.22 bits per heavy atom. The molecule has 4 nitrogen and oxygen atoms in total. The van der Waals surface area contributed by atoms with Crippen LogP contribution in [-0.4, -0.2) is 22.2 Å². The van der Waals surface area contributed by atoms with Gasteiger partial charge >= 0.3 is 11.9 Å². The highest BCUT2D eigenvalue weighted by Crippen LogP contribution is 2.34. The molecular weight excluding hydrogens is 279 g/mol. The molecule has 6 heteroatoms. The summed E-state index contributed by atoms with van der Waals surface area (Å²) in [6.07, 6.45) is 0. The van der Waals surface area contributed by atoms with E-state index in [9.17, 15) is 9.59 Å². The van der Waals surface area contributed by atoms with Gasteiger partial charge in [-0.2, -0.15) is 0 Å². The van der Waals surface area contributed by atoms with Crippen molar-refractivity contribution < 1.29 is 19.8 Å². The number of fused-ring (bicyclic) bond motifs is 1. The van der Waals surface area contributed by atoms with Gasteiger partial charge in [-0.05, 0) is 12.1 Å². The molecule has 2 N–H and O–H groups in total. The molecule has 0 amide bonds. The van der Waals surface area contributed by atoms with Crippen molar-refractivity contribution >= 4 is 45.9 Å². The molecule has 0 aliphatic rings. The predicted octanol–water partition coefficient (Wildman–Crippen LogP) is 3.54. The van der Waals surface area contributed by atoms with Crippen LogP contribution in [0.1, 0.15) is 20.7 Å². The molecule has 92 valence electrons. The van der Waals surface area contributed by atoms with E-state index in [1.165, 1.54) is 6.07 Å². The Morgan fingerprint density at radius 1 is 1.00 bits per heavy atom.